The van der Waals surface area contributed by atoms with Crippen molar-refractivity contribution in [3.63, 3.8) is 0 Å². The molecule has 3 rings (SSSR count). The second-order valence-corrected chi connectivity index (χ2v) is 9.94. The summed E-state index contributed by atoms with van der Waals surface area (Å²) in [6, 6.07) is 15.4. The van der Waals surface area contributed by atoms with E-state index in [0.717, 1.165) is 35.5 Å². The van der Waals surface area contributed by atoms with Crippen LogP contribution in [0.25, 0.3) is 0 Å². The molecule has 0 aromatic heterocycles. The Morgan fingerprint density at radius 1 is 0.941 bits per heavy atom. The van der Waals surface area contributed by atoms with E-state index in [1.807, 2.05) is 53.4 Å². The van der Waals surface area contributed by atoms with Crippen molar-refractivity contribution in [1.29, 1.82) is 0 Å². The van der Waals surface area contributed by atoms with E-state index in [9.17, 15) is 9.59 Å². The zero-order chi connectivity index (χ0) is 24.2. The highest BCUT2D eigenvalue weighted by Crippen LogP contribution is 2.42. The zero-order valence-electron chi connectivity index (χ0n) is 20.6. The summed E-state index contributed by atoms with van der Waals surface area (Å²) < 4.78 is 5.23. The van der Waals surface area contributed by atoms with E-state index in [2.05, 4.69) is 12.2 Å². The molecule has 1 aliphatic heterocycles. The number of nitrogens with zero attached hydrogens (tertiary/aromatic N) is 1. The SMILES string of the molecule is CCCCCCCCCCCC(=O)Nc1ccc(C2SCC(=O)N2c2ccc(OC)cc2)cc1. The Balaban J connectivity index is 1.44. The first kappa shape index (κ1) is 26.1. The van der Waals surface area contributed by atoms with E-state index >= 15 is 0 Å². The van der Waals surface area contributed by atoms with Crippen LogP contribution >= 0.6 is 11.8 Å². The van der Waals surface area contributed by atoms with E-state index < -0.39 is 0 Å². The quantitative estimate of drug-likeness (QED) is 0.286. The Labute approximate surface area is 208 Å². The highest BCUT2D eigenvalue weighted by atomic mass is 32.2. The van der Waals surface area contributed by atoms with Crippen LogP contribution in [0.2, 0.25) is 0 Å². The van der Waals surface area contributed by atoms with Gasteiger partial charge in [-0.2, -0.15) is 0 Å². The number of ether oxygens (including phenoxy) is 1. The van der Waals surface area contributed by atoms with E-state index in [4.69, 9.17) is 4.74 Å². The molecular formula is C28H38N2O3S. The van der Waals surface area contributed by atoms with Gasteiger partial charge in [-0.3, -0.25) is 14.5 Å². The van der Waals surface area contributed by atoms with Gasteiger partial charge in [-0.15, -0.1) is 11.8 Å². The van der Waals surface area contributed by atoms with Crippen LogP contribution in [0.5, 0.6) is 5.75 Å². The number of anilines is 2. The molecule has 2 aromatic carbocycles. The topological polar surface area (TPSA) is 58.6 Å². The number of carbonyl (C=O) groups excluding carboxylic acids is 2. The maximum absolute atomic E-state index is 12.6. The summed E-state index contributed by atoms with van der Waals surface area (Å²) in [5.74, 6) is 1.38. The highest BCUT2D eigenvalue weighted by Gasteiger charge is 2.34. The Kier molecular flexibility index (Phi) is 10.8. The Bertz CT molecular complexity index is 899. The van der Waals surface area contributed by atoms with Gasteiger partial charge in [0.2, 0.25) is 11.8 Å². The van der Waals surface area contributed by atoms with Gasteiger partial charge in [0.1, 0.15) is 11.1 Å². The second-order valence-electron chi connectivity index (χ2n) is 8.87. The van der Waals surface area contributed by atoms with Gasteiger partial charge in [-0.25, -0.2) is 0 Å². The summed E-state index contributed by atoms with van der Waals surface area (Å²) in [6.07, 6.45) is 11.8. The molecule has 1 fully saturated rings. The molecule has 34 heavy (non-hydrogen) atoms. The van der Waals surface area contributed by atoms with Crippen molar-refractivity contribution in [2.75, 3.05) is 23.1 Å². The number of thioether (sulfide) groups is 1. The van der Waals surface area contributed by atoms with Crippen molar-refractivity contribution in [2.24, 2.45) is 0 Å². The van der Waals surface area contributed by atoms with Gasteiger partial charge in [0.15, 0.2) is 0 Å². The predicted molar refractivity (Wildman–Crippen MR) is 143 cm³/mol. The maximum Gasteiger partial charge on any atom is 0.238 e. The molecule has 1 unspecified atom stereocenters. The Morgan fingerprint density at radius 3 is 2.18 bits per heavy atom. The van der Waals surface area contributed by atoms with Gasteiger partial charge < -0.3 is 10.1 Å². The summed E-state index contributed by atoms with van der Waals surface area (Å²) in [7, 11) is 1.63. The summed E-state index contributed by atoms with van der Waals surface area (Å²) in [4.78, 5) is 26.7. The number of methoxy groups -OCH3 is 1. The van der Waals surface area contributed by atoms with Crippen LogP contribution in [0.3, 0.4) is 0 Å². The van der Waals surface area contributed by atoms with Crippen LogP contribution in [-0.4, -0.2) is 24.7 Å². The molecule has 0 radical (unpaired) electrons. The lowest BCUT2D eigenvalue weighted by molar-refractivity contribution is -0.116. The number of hydrogen-bond acceptors (Lipinski definition) is 4. The van der Waals surface area contributed by atoms with E-state index in [1.165, 1.54) is 44.9 Å². The van der Waals surface area contributed by atoms with E-state index in [-0.39, 0.29) is 17.2 Å². The molecule has 1 saturated heterocycles. The highest BCUT2D eigenvalue weighted by molar-refractivity contribution is 8.00. The molecule has 1 aliphatic rings. The minimum Gasteiger partial charge on any atom is -0.497 e. The van der Waals surface area contributed by atoms with Gasteiger partial charge in [0.05, 0.1) is 12.9 Å². The van der Waals surface area contributed by atoms with Gasteiger partial charge >= 0.3 is 0 Å². The second kappa shape index (κ2) is 14.1. The fraction of sp³-hybridized carbons (Fsp3) is 0.500. The lowest BCUT2D eigenvalue weighted by atomic mass is 10.1. The van der Waals surface area contributed by atoms with Crippen LogP contribution in [-0.2, 0) is 9.59 Å². The third-order valence-corrected chi connectivity index (χ3v) is 7.42. The summed E-state index contributed by atoms with van der Waals surface area (Å²) in [5, 5.41) is 2.93. The molecule has 0 aliphatic carbocycles. The molecule has 1 atom stereocenters. The molecule has 6 heteroatoms. The third kappa shape index (κ3) is 7.79. The summed E-state index contributed by atoms with van der Waals surface area (Å²) in [5.41, 5.74) is 2.71. The van der Waals surface area contributed by atoms with Crippen molar-refractivity contribution in [3.8, 4) is 5.75 Å². The molecule has 184 valence electrons. The van der Waals surface area contributed by atoms with Crippen LogP contribution in [0, 0.1) is 0 Å². The maximum atomic E-state index is 12.6. The molecular weight excluding hydrogens is 444 g/mol. The summed E-state index contributed by atoms with van der Waals surface area (Å²) in [6.45, 7) is 2.24. The van der Waals surface area contributed by atoms with Crippen LogP contribution in [0.4, 0.5) is 11.4 Å². The zero-order valence-corrected chi connectivity index (χ0v) is 21.4. The lowest BCUT2D eigenvalue weighted by Gasteiger charge is -2.24. The number of unbranched alkanes of at least 4 members (excludes halogenated alkanes) is 8. The number of nitrogens with one attached hydrogen (secondary N) is 1. The predicted octanol–water partition coefficient (Wildman–Crippen LogP) is 7.33. The molecule has 0 bridgehead atoms. The number of carbonyl (C=O) groups is 2. The van der Waals surface area contributed by atoms with Gasteiger partial charge in [0.25, 0.3) is 0 Å². The average Bonchev–Trinajstić information content (AvgIpc) is 3.24. The lowest BCUT2D eigenvalue weighted by Crippen LogP contribution is -2.27. The molecule has 5 nitrogen and oxygen atoms in total. The van der Waals surface area contributed by atoms with Crippen LogP contribution in [0.1, 0.15) is 82.1 Å². The first-order valence-corrected chi connectivity index (χ1v) is 13.6. The fourth-order valence-electron chi connectivity index (χ4n) is 4.24. The first-order chi connectivity index (χ1) is 16.6. The third-order valence-electron chi connectivity index (χ3n) is 6.21. The van der Waals surface area contributed by atoms with E-state index in [1.54, 1.807) is 18.9 Å². The first-order valence-electron chi connectivity index (χ1n) is 12.6. The smallest absolute Gasteiger partial charge is 0.238 e. The van der Waals surface area contributed by atoms with Crippen molar-refractivity contribution in [3.05, 3.63) is 54.1 Å². The molecule has 1 N–H and O–H groups in total. The van der Waals surface area contributed by atoms with Gasteiger partial charge in [-0.05, 0) is 48.4 Å². The largest absolute Gasteiger partial charge is 0.497 e. The number of hydrogen-bond donors (Lipinski definition) is 1. The standard InChI is InChI=1S/C28H38N2O3S/c1-3-4-5-6-7-8-9-10-11-12-26(31)29-23-15-13-22(14-16-23)28-30(27(32)21-34-28)24-17-19-25(33-2)20-18-24/h13-20,28H,3-12,21H2,1-2H3,(H,29,31). The van der Waals surface area contributed by atoms with E-state index in [0.29, 0.717) is 12.2 Å². The normalized spacial score (nSPS) is 15.5. The number of benzene rings is 2. The average molecular weight is 483 g/mol. The van der Waals surface area contributed by atoms with Crippen LogP contribution in [0.15, 0.2) is 48.5 Å². The molecule has 1 heterocycles. The fourth-order valence-corrected chi connectivity index (χ4v) is 5.42. The van der Waals surface area contributed by atoms with Crippen molar-refractivity contribution in [2.45, 2.75) is 76.5 Å². The van der Waals surface area contributed by atoms with Gasteiger partial charge in [-0.1, -0.05) is 70.4 Å². The van der Waals surface area contributed by atoms with Crippen LogP contribution < -0.4 is 15.0 Å². The molecule has 0 saturated carbocycles. The molecule has 0 spiro atoms. The minimum atomic E-state index is -0.0763. The van der Waals surface area contributed by atoms with Crippen molar-refractivity contribution < 1.29 is 14.3 Å². The molecule has 2 aromatic rings. The molecule has 2 amide bonds. The summed E-state index contributed by atoms with van der Waals surface area (Å²) >= 11 is 1.62. The number of amides is 2. The monoisotopic (exact) mass is 482 g/mol. The van der Waals surface area contributed by atoms with Crippen molar-refractivity contribution in [1.82, 2.24) is 0 Å². The minimum absolute atomic E-state index is 0.0703. The Hall–Kier alpha value is -2.47. The number of rotatable bonds is 14. The van der Waals surface area contributed by atoms with Gasteiger partial charge in [0, 0.05) is 17.8 Å². The Morgan fingerprint density at radius 2 is 1.56 bits per heavy atom. The van der Waals surface area contributed by atoms with Crippen molar-refractivity contribution >= 4 is 35.0 Å².